The maximum absolute atomic E-state index is 12.5. The standard InChI is InChI=1S/C11H14F3N3O2/c1-15-10(9(18)19)4-2-7(6-10)17-5-3-8(16-17)11(12,13)14/h3,5,7,15H,2,4,6H2,1H3,(H,18,19). The Balaban J connectivity index is 2.17. The summed E-state index contributed by atoms with van der Waals surface area (Å²) in [6.07, 6.45) is -2.16. The Morgan fingerprint density at radius 3 is 2.74 bits per heavy atom. The highest BCUT2D eigenvalue weighted by molar-refractivity contribution is 5.79. The van der Waals surface area contributed by atoms with Crippen LogP contribution in [0.2, 0.25) is 0 Å². The number of alkyl halides is 3. The van der Waals surface area contributed by atoms with Gasteiger partial charge in [-0.25, -0.2) is 0 Å². The monoisotopic (exact) mass is 277 g/mol. The second kappa shape index (κ2) is 4.52. The van der Waals surface area contributed by atoms with E-state index in [1.54, 1.807) is 7.05 Å². The zero-order valence-corrected chi connectivity index (χ0v) is 10.2. The Morgan fingerprint density at radius 2 is 2.32 bits per heavy atom. The number of nitrogens with one attached hydrogen (secondary N) is 1. The van der Waals surface area contributed by atoms with Crippen LogP contribution < -0.4 is 5.32 Å². The molecule has 2 rings (SSSR count). The molecule has 1 aromatic rings. The largest absolute Gasteiger partial charge is 0.480 e. The molecule has 1 heterocycles. The van der Waals surface area contributed by atoms with Gasteiger partial charge in [-0.2, -0.15) is 18.3 Å². The van der Waals surface area contributed by atoms with E-state index in [9.17, 15) is 23.1 Å². The van der Waals surface area contributed by atoms with Gasteiger partial charge in [-0.05, 0) is 32.4 Å². The first-order valence-electron chi connectivity index (χ1n) is 5.83. The van der Waals surface area contributed by atoms with Crippen molar-refractivity contribution in [2.24, 2.45) is 0 Å². The third-order valence-corrected chi connectivity index (χ3v) is 3.65. The van der Waals surface area contributed by atoms with Crippen molar-refractivity contribution in [1.29, 1.82) is 0 Å². The van der Waals surface area contributed by atoms with Gasteiger partial charge in [0.15, 0.2) is 5.69 Å². The summed E-state index contributed by atoms with van der Waals surface area (Å²) in [7, 11) is 1.54. The predicted molar refractivity (Wildman–Crippen MR) is 59.5 cm³/mol. The predicted octanol–water partition coefficient (Wildman–Crippen LogP) is 1.67. The lowest BCUT2D eigenvalue weighted by molar-refractivity contribution is -0.145. The molecule has 1 aliphatic carbocycles. The molecular weight excluding hydrogens is 263 g/mol. The van der Waals surface area contributed by atoms with Gasteiger partial charge in [0.2, 0.25) is 0 Å². The zero-order chi connectivity index (χ0) is 14.3. The van der Waals surface area contributed by atoms with Gasteiger partial charge in [-0.1, -0.05) is 0 Å². The van der Waals surface area contributed by atoms with Crippen LogP contribution in [0.5, 0.6) is 0 Å². The Labute approximate surface area is 107 Å². The van der Waals surface area contributed by atoms with Gasteiger partial charge in [-0.15, -0.1) is 0 Å². The van der Waals surface area contributed by atoms with E-state index >= 15 is 0 Å². The van der Waals surface area contributed by atoms with Gasteiger partial charge in [0, 0.05) is 6.20 Å². The highest BCUT2D eigenvalue weighted by Gasteiger charge is 2.45. The molecule has 19 heavy (non-hydrogen) atoms. The van der Waals surface area contributed by atoms with E-state index in [2.05, 4.69) is 10.4 Å². The minimum Gasteiger partial charge on any atom is -0.480 e. The Kier molecular flexibility index (Phi) is 3.29. The van der Waals surface area contributed by atoms with Gasteiger partial charge in [0.25, 0.3) is 0 Å². The number of carboxylic acid groups (broad SMARTS) is 1. The lowest BCUT2D eigenvalue weighted by atomic mass is 9.98. The fourth-order valence-electron chi connectivity index (χ4n) is 2.47. The van der Waals surface area contributed by atoms with Crippen LogP contribution in [-0.4, -0.2) is 33.4 Å². The quantitative estimate of drug-likeness (QED) is 0.882. The van der Waals surface area contributed by atoms with E-state index in [0.29, 0.717) is 12.8 Å². The normalized spacial score (nSPS) is 27.7. The molecule has 1 saturated carbocycles. The molecule has 8 heteroatoms. The molecule has 2 atom stereocenters. The fourth-order valence-corrected chi connectivity index (χ4v) is 2.47. The molecule has 1 aromatic heterocycles. The average Bonchev–Trinajstić information content (AvgIpc) is 2.95. The summed E-state index contributed by atoms with van der Waals surface area (Å²) < 4.78 is 38.6. The van der Waals surface area contributed by atoms with E-state index in [1.165, 1.54) is 10.9 Å². The van der Waals surface area contributed by atoms with Crippen LogP contribution in [0.1, 0.15) is 31.0 Å². The minimum absolute atomic E-state index is 0.220. The van der Waals surface area contributed by atoms with E-state index in [4.69, 9.17) is 0 Å². The molecular formula is C11H14F3N3O2. The Morgan fingerprint density at radius 1 is 1.63 bits per heavy atom. The van der Waals surface area contributed by atoms with Crippen LogP contribution in [0.3, 0.4) is 0 Å². The van der Waals surface area contributed by atoms with E-state index < -0.39 is 23.4 Å². The first-order valence-corrected chi connectivity index (χ1v) is 5.83. The third-order valence-electron chi connectivity index (χ3n) is 3.65. The number of hydrogen-bond acceptors (Lipinski definition) is 3. The highest BCUT2D eigenvalue weighted by Crippen LogP contribution is 2.38. The lowest BCUT2D eigenvalue weighted by Gasteiger charge is -2.23. The number of carbonyl (C=O) groups is 1. The SMILES string of the molecule is CNC1(C(=O)O)CCC(n2ccc(C(F)(F)F)n2)C1. The summed E-state index contributed by atoms with van der Waals surface area (Å²) in [5.41, 5.74) is -2.03. The second-order valence-corrected chi connectivity index (χ2v) is 4.71. The van der Waals surface area contributed by atoms with Crippen molar-refractivity contribution in [2.75, 3.05) is 7.05 Å². The maximum Gasteiger partial charge on any atom is 0.435 e. The molecule has 0 aromatic carbocycles. The molecule has 0 bridgehead atoms. The van der Waals surface area contributed by atoms with Crippen molar-refractivity contribution in [2.45, 2.75) is 37.0 Å². The molecule has 106 valence electrons. The summed E-state index contributed by atoms with van der Waals surface area (Å²) in [4.78, 5) is 11.2. The number of hydrogen-bond donors (Lipinski definition) is 2. The molecule has 0 radical (unpaired) electrons. The molecule has 0 aliphatic heterocycles. The van der Waals surface area contributed by atoms with Crippen molar-refractivity contribution in [3.05, 3.63) is 18.0 Å². The number of aromatic nitrogens is 2. The van der Waals surface area contributed by atoms with Crippen LogP contribution in [0, 0.1) is 0 Å². The molecule has 2 N–H and O–H groups in total. The summed E-state index contributed by atoms with van der Waals surface area (Å²) in [5.74, 6) is -0.985. The van der Waals surface area contributed by atoms with Gasteiger partial charge >= 0.3 is 12.1 Å². The van der Waals surface area contributed by atoms with Crippen molar-refractivity contribution >= 4 is 5.97 Å². The van der Waals surface area contributed by atoms with Crippen molar-refractivity contribution in [1.82, 2.24) is 15.1 Å². The van der Waals surface area contributed by atoms with Crippen molar-refractivity contribution in [3.63, 3.8) is 0 Å². The lowest BCUT2D eigenvalue weighted by Crippen LogP contribution is -2.48. The number of halogens is 3. The fraction of sp³-hybridized carbons (Fsp3) is 0.636. The average molecular weight is 277 g/mol. The number of aliphatic carboxylic acids is 1. The van der Waals surface area contributed by atoms with E-state index in [1.807, 2.05) is 0 Å². The topological polar surface area (TPSA) is 67.2 Å². The molecule has 0 amide bonds. The first kappa shape index (κ1) is 13.9. The molecule has 1 fully saturated rings. The molecule has 0 saturated heterocycles. The summed E-state index contributed by atoms with van der Waals surface area (Å²) in [6, 6.07) is 0.569. The summed E-state index contributed by atoms with van der Waals surface area (Å²) in [6.45, 7) is 0. The first-order chi connectivity index (χ1) is 8.78. The number of carboxylic acids is 1. The van der Waals surface area contributed by atoms with Crippen LogP contribution in [0.15, 0.2) is 12.3 Å². The number of likely N-dealkylation sites (N-methyl/N-ethyl adjacent to an activating group) is 1. The van der Waals surface area contributed by atoms with Crippen molar-refractivity contribution < 1.29 is 23.1 Å². The maximum atomic E-state index is 12.5. The number of nitrogens with zero attached hydrogens (tertiary/aromatic N) is 2. The summed E-state index contributed by atoms with van der Waals surface area (Å²) >= 11 is 0. The smallest absolute Gasteiger partial charge is 0.435 e. The zero-order valence-electron chi connectivity index (χ0n) is 10.2. The van der Waals surface area contributed by atoms with Gasteiger partial charge in [0.05, 0.1) is 6.04 Å². The molecule has 1 aliphatic rings. The molecule has 5 nitrogen and oxygen atoms in total. The van der Waals surface area contributed by atoms with Crippen LogP contribution >= 0.6 is 0 Å². The van der Waals surface area contributed by atoms with Crippen LogP contribution in [-0.2, 0) is 11.0 Å². The second-order valence-electron chi connectivity index (χ2n) is 4.71. The third kappa shape index (κ3) is 2.44. The van der Waals surface area contributed by atoms with Gasteiger partial charge in [0.1, 0.15) is 5.54 Å². The minimum atomic E-state index is -4.48. The van der Waals surface area contributed by atoms with Gasteiger partial charge < -0.3 is 10.4 Å². The van der Waals surface area contributed by atoms with E-state index in [0.717, 1.165) is 6.07 Å². The number of rotatable bonds is 3. The van der Waals surface area contributed by atoms with Gasteiger partial charge in [-0.3, -0.25) is 9.48 Å². The molecule has 0 spiro atoms. The Hall–Kier alpha value is -1.57. The van der Waals surface area contributed by atoms with Crippen LogP contribution in [0.25, 0.3) is 0 Å². The Bertz CT molecular complexity index is 486. The molecule has 2 unspecified atom stereocenters. The van der Waals surface area contributed by atoms with Crippen LogP contribution in [0.4, 0.5) is 13.2 Å². The summed E-state index contributed by atoms with van der Waals surface area (Å²) in [5, 5.41) is 15.4. The highest BCUT2D eigenvalue weighted by atomic mass is 19.4. The van der Waals surface area contributed by atoms with Crippen molar-refractivity contribution in [3.8, 4) is 0 Å². The van der Waals surface area contributed by atoms with E-state index in [-0.39, 0.29) is 12.5 Å².